The van der Waals surface area contributed by atoms with Gasteiger partial charge in [0, 0.05) is 12.6 Å². The molecule has 1 unspecified atom stereocenters. The molecule has 26 heavy (non-hydrogen) atoms. The number of carbonyl (C=O) groups is 1. The maximum atomic E-state index is 12.6. The lowest BCUT2D eigenvalue weighted by molar-refractivity contribution is -0.123. The average molecular weight is 354 g/mol. The van der Waals surface area contributed by atoms with E-state index < -0.39 is 6.10 Å². The molecular formula is C21H26N2O3. The molecule has 0 saturated carbocycles. The molecule has 0 radical (unpaired) electrons. The fourth-order valence-electron chi connectivity index (χ4n) is 3.55. The highest BCUT2D eigenvalue weighted by Crippen LogP contribution is 2.20. The Bertz CT molecular complexity index is 693. The van der Waals surface area contributed by atoms with Gasteiger partial charge in [-0.2, -0.15) is 0 Å². The summed E-state index contributed by atoms with van der Waals surface area (Å²) >= 11 is 0. The van der Waals surface area contributed by atoms with Gasteiger partial charge in [0.2, 0.25) is 5.91 Å². The molecule has 5 heteroatoms. The lowest BCUT2D eigenvalue weighted by Crippen LogP contribution is -2.42. The standard InChI is InChI=1S/C21H26N2O3/c24-15-18-12-19(25)13-23(18)14-21(26)22-20(17-9-5-2-6-10-17)11-16-7-3-1-4-8-16/h1-10,18-20,24-25H,11-15H2,(H,22,26)/t18-,19-,20?/m0/s1. The van der Waals surface area contributed by atoms with E-state index in [0.29, 0.717) is 19.4 Å². The van der Waals surface area contributed by atoms with Gasteiger partial charge in [-0.15, -0.1) is 0 Å². The smallest absolute Gasteiger partial charge is 0.234 e. The molecule has 3 atom stereocenters. The van der Waals surface area contributed by atoms with Gasteiger partial charge in [-0.05, 0) is 24.0 Å². The minimum absolute atomic E-state index is 0.0452. The second kappa shape index (κ2) is 8.94. The summed E-state index contributed by atoms with van der Waals surface area (Å²) in [5.74, 6) is -0.0951. The number of benzene rings is 2. The first kappa shape index (κ1) is 18.6. The van der Waals surface area contributed by atoms with Gasteiger partial charge in [0.1, 0.15) is 0 Å². The van der Waals surface area contributed by atoms with Crippen molar-refractivity contribution < 1.29 is 15.0 Å². The Morgan fingerprint density at radius 3 is 2.42 bits per heavy atom. The Morgan fingerprint density at radius 1 is 1.12 bits per heavy atom. The molecule has 1 amide bonds. The number of rotatable bonds is 7. The molecule has 0 spiro atoms. The van der Waals surface area contributed by atoms with Crippen molar-refractivity contribution in [1.29, 1.82) is 0 Å². The fourth-order valence-corrected chi connectivity index (χ4v) is 3.55. The number of aliphatic hydroxyl groups excluding tert-OH is 2. The number of β-amino-alcohol motifs (C(OH)–C–C–N with tert-alkyl or cyclic N) is 1. The largest absolute Gasteiger partial charge is 0.395 e. The summed E-state index contributed by atoms with van der Waals surface area (Å²) in [6.45, 7) is 0.560. The van der Waals surface area contributed by atoms with E-state index in [9.17, 15) is 15.0 Å². The predicted molar refractivity (Wildman–Crippen MR) is 101 cm³/mol. The van der Waals surface area contributed by atoms with E-state index in [1.807, 2.05) is 53.4 Å². The summed E-state index contributed by atoms with van der Waals surface area (Å²) in [4.78, 5) is 14.5. The quantitative estimate of drug-likeness (QED) is 0.705. The van der Waals surface area contributed by atoms with E-state index in [1.165, 1.54) is 0 Å². The molecule has 1 saturated heterocycles. The van der Waals surface area contributed by atoms with Crippen LogP contribution in [0, 0.1) is 0 Å². The maximum Gasteiger partial charge on any atom is 0.234 e. The molecule has 2 aromatic carbocycles. The van der Waals surface area contributed by atoms with Crippen LogP contribution in [-0.4, -0.2) is 52.9 Å². The average Bonchev–Trinajstić information content (AvgIpc) is 3.02. The molecule has 1 heterocycles. The molecule has 1 fully saturated rings. The number of likely N-dealkylation sites (tertiary alicyclic amines) is 1. The Hall–Kier alpha value is -2.21. The number of amides is 1. The summed E-state index contributed by atoms with van der Waals surface area (Å²) in [6.07, 6.45) is 0.743. The summed E-state index contributed by atoms with van der Waals surface area (Å²) < 4.78 is 0. The fraction of sp³-hybridized carbons (Fsp3) is 0.381. The van der Waals surface area contributed by atoms with Crippen LogP contribution in [0.15, 0.2) is 60.7 Å². The van der Waals surface area contributed by atoms with Crippen molar-refractivity contribution in [3.8, 4) is 0 Å². The third-order valence-electron chi connectivity index (χ3n) is 4.88. The Balaban J connectivity index is 1.68. The van der Waals surface area contributed by atoms with Crippen molar-refractivity contribution in [3.63, 3.8) is 0 Å². The van der Waals surface area contributed by atoms with E-state index in [2.05, 4.69) is 17.4 Å². The van der Waals surface area contributed by atoms with Crippen molar-refractivity contribution >= 4 is 5.91 Å². The van der Waals surface area contributed by atoms with E-state index in [0.717, 1.165) is 11.1 Å². The minimum Gasteiger partial charge on any atom is -0.395 e. The van der Waals surface area contributed by atoms with E-state index >= 15 is 0 Å². The number of carbonyl (C=O) groups excluding carboxylic acids is 1. The molecule has 1 aliphatic rings. The van der Waals surface area contributed by atoms with Crippen LogP contribution in [0.2, 0.25) is 0 Å². The molecular weight excluding hydrogens is 328 g/mol. The molecule has 0 aromatic heterocycles. The lowest BCUT2D eigenvalue weighted by atomic mass is 9.99. The van der Waals surface area contributed by atoms with Crippen LogP contribution in [0.4, 0.5) is 0 Å². The highest BCUT2D eigenvalue weighted by molar-refractivity contribution is 5.78. The Labute approximate surface area is 154 Å². The number of hydrogen-bond acceptors (Lipinski definition) is 4. The number of hydrogen-bond donors (Lipinski definition) is 3. The van der Waals surface area contributed by atoms with Crippen molar-refractivity contribution in [3.05, 3.63) is 71.8 Å². The summed E-state index contributed by atoms with van der Waals surface area (Å²) in [6, 6.07) is 19.8. The van der Waals surface area contributed by atoms with Gasteiger partial charge >= 0.3 is 0 Å². The van der Waals surface area contributed by atoms with E-state index in [4.69, 9.17) is 0 Å². The molecule has 2 aromatic rings. The van der Waals surface area contributed by atoms with Crippen molar-refractivity contribution in [2.24, 2.45) is 0 Å². The van der Waals surface area contributed by atoms with Gasteiger partial charge in [0.25, 0.3) is 0 Å². The molecule has 0 aliphatic carbocycles. The first-order valence-electron chi connectivity index (χ1n) is 9.07. The Morgan fingerprint density at radius 2 is 1.77 bits per heavy atom. The van der Waals surface area contributed by atoms with Crippen LogP contribution in [0.3, 0.4) is 0 Å². The number of aliphatic hydroxyl groups is 2. The lowest BCUT2D eigenvalue weighted by Gasteiger charge is -2.24. The van der Waals surface area contributed by atoms with Crippen molar-refractivity contribution in [2.45, 2.75) is 31.0 Å². The highest BCUT2D eigenvalue weighted by Gasteiger charge is 2.31. The third-order valence-corrected chi connectivity index (χ3v) is 4.88. The van der Waals surface area contributed by atoms with E-state index in [1.54, 1.807) is 0 Å². The zero-order chi connectivity index (χ0) is 18.4. The van der Waals surface area contributed by atoms with Gasteiger partial charge in [-0.1, -0.05) is 60.7 Å². The minimum atomic E-state index is -0.478. The van der Waals surface area contributed by atoms with Crippen LogP contribution in [0.25, 0.3) is 0 Å². The van der Waals surface area contributed by atoms with Crippen LogP contribution >= 0.6 is 0 Å². The first-order chi connectivity index (χ1) is 12.7. The normalized spacial score (nSPS) is 21.5. The number of nitrogens with one attached hydrogen (secondary N) is 1. The van der Waals surface area contributed by atoms with Gasteiger partial charge in [0.05, 0.1) is 25.3 Å². The van der Waals surface area contributed by atoms with Crippen LogP contribution < -0.4 is 5.32 Å². The van der Waals surface area contributed by atoms with Gasteiger partial charge < -0.3 is 15.5 Å². The molecule has 3 rings (SSSR count). The van der Waals surface area contributed by atoms with Crippen LogP contribution in [0.1, 0.15) is 23.6 Å². The summed E-state index contributed by atoms with van der Waals surface area (Å²) in [5.41, 5.74) is 2.22. The van der Waals surface area contributed by atoms with Gasteiger partial charge in [-0.3, -0.25) is 9.69 Å². The van der Waals surface area contributed by atoms with Crippen LogP contribution in [0.5, 0.6) is 0 Å². The van der Waals surface area contributed by atoms with Gasteiger partial charge in [-0.25, -0.2) is 0 Å². The SMILES string of the molecule is O=C(CN1C[C@@H](O)C[C@H]1CO)NC(Cc1ccccc1)c1ccccc1. The van der Waals surface area contributed by atoms with Gasteiger partial charge in [0.15, 0.2) is 0 Å². The third kappa shape index (κ3) is 4.91. The maximum absolute atomic E-state index is 12.6. The van der Waals surface area contributed by atoms with E-state index in [-0.39, 0.29) is 31.1 Å². The first-order valence-corrected chi connectivity index (χ1v) is 9.07. The molecule has 0 bridgehead atoms. The Kier molecular flexibility index (Phi) is 6.39. The summed E-state index contributed by atoms with van der Waals surface area (Å²) in [7, 11) is 0. The van der Waals surface area contributed by atoms with Crippen LogP contribution in [-0.2, 0) is 11.2 Å². The molecule has 1 aliphatic heterocycles. The zero-order valence-corrected chi connectivity index (χ0v) is 14.8. The molecule has 138 valence electrons. The van der Waals surface area contributed by atoms with Crippen molar-refractivity contribution in [1.82, 2.24) is 10.2 Å². The predicted octanol–water partition coefficient (Wildman–Crippen LogP) is 1.51. The molecule has 5 nitrogen and oxygen atoms in total. The topological polar surface area (TPSA) is 72.8 Å². The summed E-state index contributed by atoms with van der Waals surface area (Å²) in [5, 5.41) is 22.3. The number of nitrogens with zero attached hydrogens (tertiary/aromatic N) is 1. The monoisotopic (exact) mass is 354 g/mol. The highest BCUT2D eigenvalue weighted by atomic mass is 16.3. The van der Waals surface area contributed by atoms with Crippen molar-refractivity contribution in [2.75, 3.05) is 19.7 Å². The molecule has 3 N–H and O–H groups in total. The second-order valence-electron chi connectivity index (χ2n) is 6.88. The second-order valence-corrected chi connectivity index (χ2v) is 6.88. The zero-order valence-electron chi connectivity index (χ0n) is 14.8.